The molecular weight excluding hydrogens is 208 g/mol. The van der Waals surface area contributed by atoms with Crippen molar-refractivity contribution in [3.63, 3.8) is 0 Å². The Balaban J connectivity index is 4.42. The van der Waals surface area contributed by atoms with Crippen LogP contribution in [0.4, 0.5) is 0 Å². The number of carbonyl (C=O) groups is 1. The smallest absolute Gasteiger partial charge is 0.418 e. The molecule has 0 heterocycles. The second kappa shape index (κ2) is 8.13. The quantitative estimate of drug-likeness (QED) is 0.599. The molecule has 0 saturated heterocycles. The Hall–Kier alpha value is -1.06. The first-order chi connectivity index (χ1) is 7.60. The predicted molar refractivity (Wildman–Crippen MR) is 60.5 cm³/mol. The number of esters is 1. The van der Waals surface area contributed by atoms with Crippen LogP contribution in [0, 0.1) is 5.92 Å². The average Bonchev–Trinajstić information content (AvgIpc) is 2.31. The summed E-state index contributed by atoms with van der Waals surface area (Å²) in [6.45, 7) is 8.99. The molecule has 0 spiro atoms. The molecule has 4 heteroatoms. The molecule has 0 fully saturated rings. The molecule has 2 atom stereocenters. The van der Waals surface area contributed by atoms with Crippen molar-refractivity contribution >= 4 is 12.4 Å². The van der Waals surface area contributed by atoms with Gasteiger partial charge in [-0.3, -0.25) is 0 Å². The Morgan fingerprint density at radius 2 is 1.75 bits per heavy atom. The molecule has 0 N–H and O–H groups in total. The van der Waals surface area contributed by atoms with Crippen molar-refractivity contribution in [2.75, 3.05) is 0 Å². The maximum atomic E-state index is 11.7. The van der Waals surface area contributed by atoms with E-state index in [2.05, 4.69) is 4.74 Å². The molecule has 0 saturated carbocycles. The fraction of sp³-hybridized carbons (Fsp3) is 0.833. The third-order valence-corrected chi connectivity index (χ3v) is 2.76. The molecule has 0 aliphatic carbocycles. The Kier molecular flexibility index (Phi) is 7.60. The standard InChI is InChI=1S/C12H21O4/c1-5-9(4)11(15-8-13)12(14)16-10(6-2)7-3/h9-11H,5-7H2,1-4H3. The zero-order chi connectivity index (χ0) is 12.6. The van der Waals surface area contributed by atoms with Crippen LogP contribution in [0.15, 0.2) is 0 Å². The van der Waals surface area contributed by atoms with E-state index in [0.29, 0.717) is 0 Å². The lowest BCUT2D eigenvalue weighted by atomic mass is 10.0. The molecule has 0 aliphatic heterocycles. The Morgan fingerprint density at radius 1 is 1.19 bits per heavy atom. The fourth-order valence-corrected chi connectivity index (χ4v) is 1.35. The van der Waals surface area contributed by atoms with Crippen LogP contribution in [0.5, 0.6) is 0 Å². The summed E-state index contributed by atoms with van der Waals surface area (Å²) in [4.78, 5) is 21.9. The lowest BCUT2D eigenvalue weighted by Gasteiger charge is -2.22. The monoisotopic (exact) mass is 229 g/mol. The first-order valence-corrected chi connectivity index (χ1v) is 5.83. The van der Waals surface area contributed by atoms with Crippen LogP contribution in [0.2, 0.25) is 0 Å². The summed E-state index contributed by atoms with van der Waals surface area (Å²) in [6.07, 6.45) is 1.34. The lowest BCUT2D eigenvalue weighted by Crippen LogP contribution is -2.34. The minimum atomic E-state index is -0.830. The van der Waals surface area contributed by atoms with Crippen molar-refractivity contribution in [2.24, 2.45) is 5.92 Å². The summed E-state index contributed by atoms with van der Waals surface area (Å²) in [7, 11) is 0. The molecular formula is C12H21O4. The second-order valence-electron chi connectivity index (χ2n) is 3.88. The van der Waals surface area contributed by atoms with Crippen molar-refractivity contribution in [1.29, 1.82) is 0 Å². The summed E-state index contributed by atoms with van der Waals surface area (Å²) in [5, 5.41) is 0. The van der Waals surface area contributed by atoms with Gasteiger partial charge in [-0.05, 0) is 19.3 Å². The van der Waals surface area contributed by atoms with Gasteiger partial charge >= 0.3 is 12.4 Å². The van der Waals surface area contributed by atoms with E-state index in [0.717, 1.165) is 19.3 Å². The topological polar surface area (TPSA) is 52.6 Å². The third-order valence-electron chi connectivity index (χ3n) is 2.76. The molecule has 0 rings (SSSR count). The van der Waals surface area contributed by atoms with Gasteiger partial charge in [0.25, 0.3) is 0 Å². The van der Waals surface area contributed by atoms with Crippen LogP contribution >= 0.6 is 0 Å². The van der Waals surface area contributed by atoms with Crippen molar-refractivity contribution < 1.29 is 19.1 Å². The SMILES string of the molecule is CCC(CC)OC(=O)C(O[C]=O)C(C)CC. The number of carbonyl (C=O) groups excluding carboxylic acids is 2. The van der Waals surface area contributed by atoms with Crippen LogP contribution < -0.4 is 0 Å². The Morgan fingerprint density at radius 3 is 2.12 bits per heavy atom. The average molecular weight is 229 g/mol. The van der Waals surface area contributed by atoms with Gasteiger partial charge in [-0.2, -0.15) is 0 Å². The van der Waals surface area contributed by atoms with E-state index < -0.39 is 12.1 Å². The molecule has 2 unspecified atom stereocenters. The van der Waals surface area contributed by atoms with E-state index in [-0.39, 0.29) is 12.0 Å². The van der Waals surface area contributed by atoms with Crippen LogP contribution in [-0.2, 0) is 19.1 Å². The highest BCUT2D eigenvalue weighted by Gasteiger charge is 2.28. The summed E-state index contributed by atoms with van der Waals surface area (Å²) in [5.41, 5.74) is 0. The molecule has 0 bridgehead atoms. The van der Waals surface area contributed by atoms with Gasteiger partial charge in [0, 0.05) is 5.92 Å². The molecule has 0 amide bonds. The predicted octanol–water partition coefficient (Wildman–Crippen LogP) is 2.22. The highest BCUT2D eigenvalue weighted by molar-refractivity contribution is 5.76. The minimum absolute atomic E-state index is 0.0525. The highest BCUT2D eigenvalue weighted by atomic mass is 16.6. The number of ether oxygens (including phenoxy) is 2. The molecule has 4 nitrogen and oxygen atoms in total. The van der Waals surface area contributed by atoms with E-state index >= 15 is 0 Å². The van der Waals surface area contributed by atoms with Gasteiger partial charge in [0.15, 0.2) is 0 Å². The summed E-state index contributed by atoms with van der Waals surface area (Å²) in [6, 6.07) is 0. The van der Waals surface area contributed by atoms with E-state index in [9.17, 15) is 9.59 Å². The molecule has 16 heavy (non-hydrogen) atoms. The van der Waals surface area contributed by atoms with Gasteiger partial charge in [0.2, 0.25) is 6.10 Å². The Labute approximate surface area is 97.3 Å². The Bertz CT molecular complexity index is 211. The normalized spacial score (nSPS) is 14.3. The van der Waals surface area contributed by atoms with E-state index in [1.54, 1.807) is 0 Å². The van der Waals surface area contributed by atoms with Crippen molar-refractivity contribution in [3.8, 4) is 0 Å². The lowest BCUT2D eigenvalue weighted by molar-refractivity contribution is -0.161. The number of hydrogen-bond donors (Lipinski definition) is 0. The van der Waals surface area contributed by atoms with Crippen LogP contribution in [0.25, 0.3) is 0 Å². The summed E-state index contributed by atoms with van der Waals surface area (Å²) >= 11 is 0. The maximum Gasteiger partial charge on any atom is 0.418 e. The molecule has 0 aromatic rings. The molecule has 0 aromatic carbocycles. The van der Waals surface area contributed by atoms with E-state index in [1.165, 1.54) is 6.47 Å². The van der Waals surface area contributed by atoms with Gasteiger partial charge in [0.1, 0.15) is 6.10 Å². The summed E-state index contributed by atoms with van der Waals surface area (Å²) in [5.74, 6) is -0.519. The molecule has 0 aliphatic rings. The highest BCUT2D eigenvalue weighted by Crippen LogP contribution is 2.15. The van der Waals surface area contributed by atoms with Gasteiger partial charge < -0.3 is 9.47 Å². The van der Waals surface area contributed by atoms with E-state index in [1.807, 2.05) is 27.7 Å². The van der Waals surface area contributed by atoms with Gasteiger partial charge in [-0.25, -0.2) is 9.59 Å². The molecule has 1 radical (unpaired) electrons. The van der Waals surface area contributed by atoms with Crippen LogP contribution in [0.3, 0.4) is 0 Å². The van der Waals surface area contributed by atoms with Crippen molar-refractivity contribution in [3.05, 3.63) is 0 Å². The van der Waals surface area contributed by atoms with Gasteiger partial charge in [-0.1, -0.05) is 27.7 Å². The first kappa shape index (κ1) is 14.9. The van der Waals surface area contributed by atoms with Gasteiger partial charge in [-0.15, -0.1) is 0 Å². The van der Waals surface area contributed by atoms with E-state index in [4.69, 9.17) is 4.74 Å². The van der Waals surface area contributed by atoms with Crippen LogP contribution in [0.1, 0.15) is 47.0 Å². The zero-order valence-corrected chi connectivity index (χ0v) is 10.5. The number of rotatable bonds is 8. The molecule has 93 valence electrons. The first-order valence-electron chi connectivity index (χ1n) is 5.83. The maximum absolute atomic E-state index is 11.7. The number of hydrogen-bond acceptors (Lipinski definition) is 4. The minimum Gasteiger partial charge on any atom is -0.460 e. The summed E-state index contributed by atoms with van der Waals surface area (Å²) < 4.78 is 9.91. The van der Waals surface area contributed by atoms with Crippen molar-refractivity contribution in [2.45, 2.75) is 59.2 Å². The second-order valence-corrected chi connectivity index (χ2v) is 3.88. The molecule has 0 aromatic heterocycles. The largest absolute Gasteiger partial charge is 0.460 e. The van der Waals surface area contributed by atoms with Crippen LogP contribution in [-0.4, -0.2) is 24.6 Å². The van der Waals surface area contributed by atoms with Gasteiger partial charge in [0.05, 0.1) is 0 Å². The zero-order valence-electron chi connectivity index (χ0n) is 10.5. The fourth-order valence-electron chi connectivity index (χ4n) is 1.35. The third kappa shape index (κ3) is 4.64. The van der Waals surface area contributed by atoms with Crippen molar-refractivity contribution in [1.82, 2.24) is 0 Å².